The quantitative estimate of drug-likeness (QED) is 0.751. The average Bonchev–Trinajstić information content (AvgIpc) is 2.82. The van der Waals surface area contributed by atoms with Gasteiger partial charge in [-0.05, 0) is 30.4 Å². The van der Waals surface area contributed by atoms with Gasteiger partial charge in [-0.25, -0.2) is 9.97 Å². The van der Waals surface area contributed by atoms with E-state index >= 15 is 0 Å². The zero-order valence-corrected chi connectivity index (χ0v) is 14.1. The molecule has 0 spiro atoms. The Morgan fingerprint density at radius 1 is 1.17 bits per heavy atom. The zero-order chi connectivity index (χ0) is 16.6. The third-order valence-electron chi connectivity index (χ3n) is 4.19. The van der Waals surface area contributed by atoms with E-state index in [2.05, 4.69) is 47.4 Å². The monoisotopic (exact) mass is 311 g/mol. The van der Waals surface area contributed by atoms with Crippen molar-refractivity contribution in [1.82, 2.24) is 14.5 Å². The van der Waals surface area contributed by atoms with Gasteiger partial charge >= 0.3 is 0 Å². The Balaban J connectivity index is 2.38. The number of nitrogens with two attached hydrogens (primary N) is 2. The number of hydrogen-bond acceptors (Lipinski definition) is 4. The largest absolute Gasteiger partial charge is 0.382 e. The molecule has 5 heteroatoms. The number of aryl methyl sites for hydroxylation is 1. The fourth-order valence-corrected chi connectivity index (χ4v) is 3.16. The van der Waals surface area contributed by atoms with Gasteiger partial charge < -0.3 is 16.0 Å². The van der Waals surface area contributed by atoms with Gasteiger partial charge in [-0.1, -0.05) is 39.3 Å². The van der Waals surface area contributed by atoms with Crippen LogP contribution >= 0.6 is 0 Å². The van der Waals surface area contributed by atoms with Crippen LogP contribution in [0.1, 0.15) is 39.2 Å². The third-order valence-corrected chi connectivity index (χ3v) is 4.19. The Morgan fingerprint density at radius 2 is 1.96 bits per heavy atom. The molecule has 0 aliphatic rings. The molecule has 3 rings (SSSR count). The van der Waals surface area contributed by atoms with Crippen LogP contribution in [0.3, 0.4) is 0 Å². The van der Waals surface area contributed by atoms with E-state index in [9.17, 15) is 0 Å². The van der Waals surface area contributed by atoms with Gasteiger partial charge in [0, 0.05) is 11.9 Å². The van der Waals surface area contributed by atoms with Crippen LogP contribution in [0.5, 0.6) is 0 Å². The van der Waals surface area contributed by atoms with Crippen molar-refractivity contribution < 1.29 is 0 Å². The van der Waals surface area contributed by atoms with E-state index in [0.29, 0.717) is 17.7 Å². The Morgan fingerprint density at radius 3 is 2.65 bits per heavy atom. The molecule has 0 radical (unpaired) electrons. The summed E-state index contributed by atoms with van der Waals surface area (Å²) in [5, 5.41) is 1.15. The van der Waals surface area contributed by atoms with Crippen molar-refractivity contribution in [3.63, 3.8) is 0 Å². The van der Waals surface area contributed by atoms with E-state index in [4.69, 9.17) is 11.5 Å². The fraction of sp³-hybridized carbons (Fsp3) is 0.444. The van der Waals surface area contributed by atoms with Crippen LogP contribution in [0.2, 0.25) is 0 Å². The predicted octanol–water partition coefficient (Wildman–Crippen LogP) is 3.75. The zero-order valence-electron chi connectivity index (χ0n) is 14.1. The molecule has 0 aliphatic carbocycles. The summed E-state index contributed by atoms with van der Waals surface area (Å²) in [5.41, 5.74) is 16.3. The Bertz CT molecular complexity index is 848. The Labute approximate surface area is 136 Å². The second-order valence-electron chi connectivity index (χ2n) is 6.58. The molecule has 0 saturated carbocycles. The van der Waals surface area contributed by atoms with Crippen molar-refractivity contribution in [2.45, 2.75) is 46.6 Å². The number of imidazole rings is 1. The molecule has 0 amide bonds. The first kappa shape index (κ1) is 15.6. The molecule has 1 aromatic carbocycles. The van der Waals surface area contributed by atoms with E-state index < -0.39 is 0 Å². The number of fused-ring (bicyclic) bond motifs is 3. The van der Waals surface area contributed by atoms with Crippen LogP contribution in [0.25, 0.3) is 21.9 Å². The Hall–Kier alpha value is -2.30. The van der Waals surface area contributed by atoms with E-state index in [-0.39, 0.29) is 0 Å². The van der Waals surface area contributed by atoms with E-state index in [0.717, 1.165) is 47.7 Å². The number of nitrogen functional groups attached to an aromatic ring is 2. The van der Waals surface area contributed by atoms with Gasteiger partial charge in [-0.2, -0.15) is 0 Å². The van der Waals surface area contributed by atoms with Gasteiger partial charge in [-0.3, -0.25) is 0 Å². The number of pyridine rings is 1. The van der Waals surface area contributed by atoms with Crippen molar-refractivity contribution in [3.05, 3.63) is 23.8 Å². The lowest BCUT2D eigenvalue weighted by Crippen LogP contribution is -2.08. The summed E-state index contributed by atoms with van der Waals surface area (Å²) in [6.07, 6.45) is 3.34. The molecule has 122 valence electrons. The normalized spacial score (nSPS) is 11.8. The highest BCUT2D eigenvalue weighted by Gasteiger charge is 2.18. The summed E-state index contributed by atoms with van der Waals surface area (Å²) in [4.78, 5) is 9.04. The first-order valence-electron chi connectivity index (χ1n) is 8.35. The number of rotatable bonds is 5. The summed E-state index contributed by atoms with van der Waals surface area (Å²) < 4.78 is 2.09. The van der Waals surface area contributed by atoms with Gasteiger partial charge in [0.25, 0.3) is 0 Å². The number of aromatic nitrogens is 3. The molecule has 3 aromatic rings. The summed E-state index contributed by atoms with van der Waals surface area (Å²) >= 11 is 0. The van der Waals surface area contributed by atoms with Crippen LogP contribution in [0.4, 0.5) is 11.8 Å². The molecule has 23 heavy (non-hydrogen) atoms. The van der Waals surface area contributed by atoms with Crippen LogP contribution in [0, 0.1) is 5.92 Å². The second kappa shape index (κ2) is 6.07. The maximum atomic E-state index is 6.18. The first-order chi connectivity index (χ1) is 11.0. The molecule has 0 fully saturated rings. The predicted molar refractivity (Wildman–Crippen MR) is 97.3 cm³/mol. The maximum absolute atomic E-state index is 6.18. The van der Waals surface area contributed by atoms with Crippen LogP contribution in [-0.4, -0.2) is 14.5 Å². The number of benzene rings is 1. The molecule has 0 aliphatic heterocycles. The van der Waals surface area contributed by atoms with Crippen molar-refractivity contribution >= 4 is 33.7 Å². The van der Waals surface area contributed by atoms with Crippen LogP contribution < -0.4 is 11.5 Å². The lowest BCUT2D eigenvalue weighted by atomic mass is 10.0. The number of hydrogen-bond donors (Lipinski definition) is 2. The van der Waals surface area contributed by atoms with Crippen molar-refractivity contribution in [2.75, 3.05) is 11.5 Å². The van der Waals surface area contributed by atoms with Gasteiger partial charge in [0.15, 0.2) is 5.82 Å². The van der Waals surface area contributed by atoms with Crippen molar-refractivity contribution in [1.29, 1.82) is 0 Å². The minimum absolute atomic E-state index is 0.453. The minimum Gasteiger partial charge on any atom is -0.382 e. The molecular weight excluding hydrogens is 286 g/mol. The van der Waals surface area contributed by atoms with Gasteiger partial charge in [0.1, 0.15) is 5.52 Å². The maximum Gasteiger partial charge on any atom is 0.201 e. The first-order valence-corrected chi connectivity index (χ1v) is 8.35. The van der Waals surface area contributed by atoms with E-state index in [1.807, 2.05) is 6.07 Å². The molecule has 0 unspecified atom stereocenters. The lowest BCUT2D eigenvalue weighted by molar-refractivity contribution is 0.538. The topological polar surface area (TPSA) is 82.8 Å². The van der Waals surface area contributed by atoms with Gasteiger partial charge in [0.05, 0.1) is 11.0 Å². The molecule has 4 N–H and O–H groups in total. The molecular formula is C18H25N5. The highest BCUT2D eigenvalue weighted by atomic mass is 15.2. The highest BCUT2D eigenvalue weighted by molar-refractivity contribution is 6.08. The van der Waals surface area contributed by atoms with E-state index in [1.54, 1.807) is 0 Å². The van der Waals surface area contributed by atoms with Crippen LogP contribution in [0.15, 0.2) is 18.2 Å². The summed E-state index contributed by atoms with van der Waals surface area (Å²) in [5.74, 6) is 1.44. The standard InChI is InChI=1S/C18H25N5/c1-4-5-7-12-8-6-9-13-14(12)16-15(17(19)21-13)22-18(20)23(16)10-11(2)3/h6,8-9,11H,4-5,7,10H2,1-3H3,(H2,19,21)(H2,20,22). The molecule has 0 bridgehead atoms. The third kappa shape index (κ3) is 2.71. The Kier molecular flexibility index (Phi) is 4.11. The fourth-order valence-electron chi connectivity index (χ4n) is 3.16. The second-order valence-corrected chi connectivity index (χ2v) is 6.58. The molecule has 0 saturated heterocycles. The SMILES string of the molecule is CCCCc1cccc2nc(N)c3nc(N)n(CC(C)C)c3c12. The number of nitrogens with zero attached hydrogens (tertiary/aromatic N) is 3. The van der Waals surface area contributed by atoms with Gasteiger partial charge in [0.2, 0.25) is 5.95 Å². The minimum atomic E-state index is 0.453. The molecule has 2 aromatic heterocycles. The number of anilines is 2. The lowest BCUT2D eigenvalue weighted by Gasteiger charge is -2.13. The van der Waals surface area contributed by atoms with Crippen molar-refractivity contribution in [2.24, 2.45) is 5.92 Å². The van der Waals surface area contributed by atoms with Crippen molar-refractivity contribution in [3.8, 4) is 0 Å². The number of unbranched alkanes of at least 4 members (excludes halogenated alkanes) is 1. The van der Waals surface area contributed by atoms with E-state index in [1.165, 1.54) is 5.56 Å². The molecule has 5 nitrogen and oxygen atoms in total. The summed E-state index contributed by atoms with van der Waals surface area (Å²) in [6.45, 7) is 7.38. The van der Waals surface area contributed by atoms with Crippen LogP contribution in [-0.2, 0) is 13.0 Å². The molecule has 2 heterocycles. The highest BCUT2D eigenvalue weighted by Crippen LogP contribution is 2.33. The van der Waals surface area contributed by atoms with Gasteiger partial charge in [-0.15, -0.1) is 0 Å². The summed E-state index contributed by atoms with van der Waals surface area (Å²) in [6, 6.07) is 6.25. The average molecular weight is 311 g/mol. The molecule has 0 atom stereocenters. The summed E-state index contributed by atoms with van der Waals surface area (Å²) in [7, 11) is 0. The smallest absolute Gasteiger partial charge is 0.201 e.